The van der Waals surface area contributed by atoms with Gasteiger partial charge in [-0.15, -0.1) is 0 Å². The van der Waals surface area contributed by atoms with E-state index in [1.54, 1.807) is 36.4 Å². The van der Waals surface area contributed by atoms with Gasteiger partial charge in [0, 0.05) is 41.5 Å². The van der Waals surface area contributed by atoms with Gasteiger partial charge in [-0.3, -0.25) is 9.59 Å². The number of para-hydroxylation sites is 1. The summed E-state index contributed by atoms with van der Waals surface area (Å²) in [6, 6.07) is 18.7. The van der Waals surface area contributed by atoms with E-state index in [1.807, 2.05) is 42.5 Å². The van der Waals surface area contributed by atoms with Crippen LogP contribution in [0.3, 0.4) is 0 Å². The second-order valence-corrected chi connectivity index (χ2v) is 8.93. The lowest BCUT2D eigenvalue weighted by Crippen LogP contribution is -2.33. The summed E-state index contributed by atoms with van der Waals surface area (Å²) >= 11 is 0. The molecule has 1 fully saturated rings. The van der Waals surface area contributed by atoms with Gasteiger partial charge in [0.25, 0.3) is 11.8 Å². The van der Waals surface area contributed by atoms with Gasteiger partial charge in [-0.25, -0.2) is 9.97 Å². The van der Waals surface area contributed by atoms with E-state index in [0.29, 0.717) is 41.8 Å². The number of carbonyl (C=O) groups is 2. The minimum Gasteiger partial charge on any atom is -0.481 e. The molecule has 1 N–H and O–H groups in total. The fourth-order valence-corrected chi connectivity index (χ4v) is 4.41. The lowest BCUT2D eigenvalue weighted by atomic mass is 10.1. The van der Waals surface area contributed by atoms with Crippen LogP contribution >= 0.6 is 0 Å². The molecule has 4 heterocycles. The van der Waals surface area contributed by atoms with E-state index in [0.717, 1.165) is 35.2 Å². The summed E-state index contributed by atoms with van der Waals surface area (Å²) in [6.45, 7) is 0.433. The number of ether oxygens (including phenoxy) is 1. The molecule has 8 heteroatoms. The lowest BCUT2D eigenvalue weighted by Gasteiger charge is -2.22. The molecule has 8 nitrogen and oxygen atoms in total. The predicted molar refractivity (Wildman–Crippen MR) is 134 cm³/mol. The van der Waals surface area contributed by atoms with Crippen molar-refractivity contribution in [2.24, 2.45) is 0 Å². The highest BCUT2D eigenvalue weighted by atomic mass is 16.5. The van der Waals surface area contributed by atoms with Gasteiger partial charge >= 0.3 is 0 Å². The third kappa shape index (κ3) is 4.11. The lowest BCUT2D eigenvalue weighted by molar-refractivity contribution is 0.0923. The van der Waals surface area contributed by atoms with Crippen LogP contribution in [0.25, 0.3) is 22.6 Å². The molecule has 1 saturated carbocycles. The molecule has 1 aliphatic carbocycles. The van der Waals surface area contributed by atoms with Crippen molar-refractivity contribution in [3.63, 3.8) is 0 Å². The number of hydrogen-bond acceptors (Lipinski definition) is 6. The molecule has 0 bridgehead atoms. The quantitative estimate of drug-likeness (QED) is 0.452. The maximum Gasteiger partial charge on any atom is 0.287 e. The molecule has 0 spiro atoms. The SMILES string of the molecule is COc1ccc(-c2cccc(C(=O)N3CCc4cc(C(=O)NC5CC5)oc4-c4ccccc43)n2)cn1. The van der Waals surface area contributed by atoms with E-state index in [2.05, 4.69) is 15.3 Å². The van der Waals surface area contributed by atoms with Gasteiger partial charge < -0.3 is 19.4 Å². The van der Waals surface area contributed by atoms with Crippen molar-refractivity contribution in [3.05, 3.63) is 83.9 Å². The highest BCUT2D eigenvalue weighted by Crippen LogP contribution is 2.39. The molecule has 2 aliphatic rings. The molecule has 2 amide bonds. The Bertz CT molecular complexity index is 1460. The number of anilines is 1. The molecule has 0 radical (unpaired) electrons. The monoisotopic (exact) mass is 480 g/mol. The third-order valence-corrected chi connectivity index (χ3v) is 6.44. The number of nitrogens with one attached hydrogen (secondary N) is 1. The molecule has 180 valence electrons. The number of furan rings is 1. The van der Waals surface area contributed by atoms with Crippen molar-refractivity contribution in [1.29, 1.82) is 0 Å². The largest absolute Gasteiger partial charge is 0.481 e. The standard InChI is InChI=1S/C28H24N4O4/c1-35-25-12-9-18(16-29-25)21-6-4-7-22(31-21)28(34)32-14-13-17-15-24(27(33)30-19-10-11-19)36-26(17)20-5-2-3-8-23(20)32/h2-9,12,15-16,19H,10-11,13-14H2,1H3,(H,30,33). The van der Waals surface area contributed by atoms with Crippen molar-refractivity contribution in [1.82, 2.24) is 15.3 Å². The smallest absolute Gasteiger partial charge is 0.287 e. The zero-order chi connectivity index (χ0) is 24.6. The van der Waals surface area contributed by atoms with Crippen LogP contribution in [-0.2, 0) is 6.42 Å². The van der Waals surface area contributed by atoms with Gasteiger partial charge in [0.2, 0.25) is 5.88 Å². The van der Waals surface area contributed by atoms with Crippen molar-refractivity contribution < 1.29 is 18.7 Å². The Balaban J connectivity index is 1.32. The van der Waals surface area contributed by atoms with Crippen LogP contribution in [0.2, 0.25) is 0 Å². The van der Waals surface area contributed by atoms with Gasteiger partial charge in [-0.1, -0.05) is 18.2 Å². The molecular weight excluding hydrogens is 456 g/mol. The molecule has 6 rings (SSSR count). The van der Waals surface area contributed by atoms with Crippen molar-refractivity contribution >= 4 is 17.5 Å². The van der Waals surface area contributed by atoms with Crippen LogP contribution in [0.4, 0.5) is 5.69 Å². The van der Waals surface area contributed by atoms with Crippen LogP contribution in [0.1, 0.15) is 39.4 Å². The number of fused-ring (bicyclic) bond motifs is 3. The van der Waals surface area contributed by atoms with Gasteiger partial charge in [-0.05, 0) is 55.7 Å². The first-order chi connectivity index (χ1) is 17.6. The average Bonchev–Trinajstić information content (AvgIpc) is 3.67. The number of carbonyl (C=O) groups excluding carboxylic acids is 2. The molecule has 0 atom stereocenters. The summed E-state index contributed by atoms with van der Waals surface area (Å²) in [4.78, 5) is 36.9. The van der Waals surface area contributed by atoms with Crippen LogP contribution < -0.4 is 15.0 Å². The van der Waals surface area contributed by atoms with E-state index < -0.39 is 0 Å². The van der Waals surface area contributed by atoms with Crippen LogP contribution in [-0.4, -0.2) is 41.5 Å². The highest BCUT2D eigenvalue weighted by molar-refractivity contribution is 6.07. The van der Waals surface area contributed by atoms with E-state index in [1.165, 1.54) is 0 Å². The Hall–Kier alpha value is -4.46. The summed E-state index contributed by atoms with van der Waals surface area (Å²) in [5.41, 5.74) is 4.18. The average molecular weight is 481 g/mol. The molecule has 0 unspecified atom stereocenters. The molecule has 3 aromatic heterocycles. The number of pyridine rings is 2. The number of nitrogens with zero attached hydrogens (tertiary/aromatic N) is 3. The fourth-order valence-electron chi connectivity index (χ4n) is 4.41. The molecule has 4 aromatic rings. The molecule has 0 saturated heterocycles. The first-order valence-electron chi connectivity index (χ1n) is 11.9. The van der Waals surface area contributed by atoms with Crippen LogP contribution in [0.15, 0.2) is 71.3 Å². The van der Waals surface area contributed by atoms with Gasteiger partial charge in [0.1, 0.15) is 11.5 Å². The normalized spacial score (nSPS) is 14.4. The third-order valence-electron chi connectivity index (χ3n) is 6.44. The molecule has 36 heavy (non-hydrogen) atoms. The number of aromatic nitrogens is 2. The van der Waals surface area contributed by atoms with Gasteiger partial charge in [-0.2, -0.15) is 0 Å². The van der Waals surface area contributed by atoms with Crippen molar-refractivity contribution in [2.75, 3.05) is 18.6 Å². The maximum absolute atomic E-state index is 13.7. The fraction of sp³-hybridized carbons (Fsp3) is 0.214. The highest BCUT2D eigenvalue weighted by Gasteiger charge is 2.30. The van der Waals surface area contributed by atoms with Crippen LogP contribution in [0.5, 0.6) is 5.88 Å². The van der Waals surface area contributed by atoms with Gasteiger partial charge in [0.15, 0.2) is 5.76 Å². The first-order valence-corrected chi connectivity index (χ1v) is 11.9. The van der Waals surface area contributed by atoms with Crippen molar-refractivity contribution in [3.8, 4) is 28.5 Å². The number of methoxy groups -OCH3 is 1. The molecule has 1 aliphatic heterocycles. The van der Waals surface area contributed by atoms with E-state index in [-0.39, 0.29) is 17.9 Å². The summed E-state index contributed by atoms with van der Waals surface area (Å²) < 4.78 is 11.2. The Morgan fingerprint density at radius 1 is 1.08 bits per heavy atom. The number of hydrogen-bond donors (Lipinski definition) is 1. The number of benzene rings is 1. The Labute approximate surface area is 207 Å². The Morgan fingerprint density at radius 2 is 1.94 bits per heavy atom. The van der Waals surface area contributed by atoms with E-state index in [4.69, 9.17) is 9.15 Å². The summed E-state index contributed by atoms with van der Waals surface area (Å²) in [6.07, 6.45) is 4.25. The zero-order valence-corrected chi connectivity index (χ0v) is 19.7. The van der Waals surface area contributed by atoms with Gasteiger partial charge in [0.05, 0.1) is 18.5 Å². The minimum atomic E-state index is -0.206. The number of rotatable bonds is 5. The first kappa shape index (κ1) is 22.0. The zero-order valence-electron chi connectivity index (χ0n) is 19.7. The van der Waals surface area contributed by atoms with Crippen LogP contribution in [0, 0.1) is 0 Å². The van der Waals surface area contributed by atoms with Crippen molar-refractivity contribution in [2.45, 2.75) is 25.3 Å². The summed E-state index contributed by atoms with van der Waals surface area (Å²) in [5, 5.41) is 2.98. The molecule has 1 aromatic carbocycles. The number of amides is 2. The maximum atomic E-state index is 13.7. The Morgan fingerprint density at radius 3 is 2.72 bits per heavy atom. The second-order valence-electron chi connectivity index (χ2n) is 8.93. The second kappa shape index (κ2) is 8.96. The summed E-state index contributed by atoms with van der Waals surface area (Å²) in [7, 11) is 1.56. The molecular formula is C28H24N4O4. The predicted octanol–water partition coefficient (Wildman–Crippen LogP) is 4.51. The summed E-state index contributed by atoms with van der Waals surface area (Å²) in [5.74, 6) is 1.06. The topological polar surface area (TPSA) is 97.6 Å². The minimum absolute atomic E-state index is 0.190. The van der Waals surface area contributed by atoms with E-state index in [9.17, 15) is 9.59 Å². The van der Waals surface area contributed by atoms with E-state index >= 15 is 0 Å². The Kier molecular flexibility index (Phi) is 5.48.